The molecule has 0 fully saturated rings. The van der Waals surface area contributed by atoms with E-state index in [1.54, 1.807) is 7.11 Å². The zero-order valence-electron chi connectivity index (χ0n) is 14.1. The Kier molecular flexibility index (Phi) is 10.3. The predicted molar refractivity (Wildman–Crippen MR) is 101 cm³/mol. The maximum Gasteiger partial charge on any atom is 0.191 e. The minimum atomic E-state index is -0.564. The minimum absolute atomic E-state index is 0. The number of rotatable bonds is 7. The molecule has 0 aromatic heterocycles. The molecule has 0 bridgehead atoms. The van der Waals surface area contributed by atoms with Gasteiger partial charge in [0.2, 0.25) is 0 Å². The number of guanidine groups is 1. The van der Waals surface area contributed by atoms with E-state index in [-0.39, 0.29) is 29.6 Å². The van der Waals surface area contributed by atoms with E-state index in [0.29, 0.717) is 31.0 Å². The molecule has 132 valence electrons. The van der Waals surface area contributed by atoms with Crippen molar-refractivity contribution in [2.45, 2.75) is 32.8 Å². The van der Waals surface area contributed by atoms with E-state index in [1.807, 2.05) is 20.8 Å². The van der Waals surface area contributed by atoms with Crippen molar-refractivity contribution in [2.24, 2.45) is 4.99 Å². The average Bonchev–Trinajstić information content (AvgIpc) is 2.47. The summed E-state index contributed by atoms with van der Waals surface area (Å²) >= 11 is 0. The van der Waals surface area contributed by atoms with Crippen LogP contribution in [0.1, 0.15) is 26.3 Å². The number of hydrogen-bond acceptors (Lipinski definition) is 2. The average molecular weight is 441 g/mol. The lowest BCUT2D eigenvalue weighted by molar-refractivity contribution is 0.0310. The van der Waals surface area contributed by atoms with Gasteiger partial charge in [0, 0.05) is 26.3 Å². The zero-order chi connectivity index (χ0) is 16.6. The Hall–Kier alpha value is -0.960. The van der Waals surface area contributed by atoms with Crippen molar-refractivity contribution in [3.05, 3.63) is 35.4 Å². The molecule has 0 heterocycles. The number of halogens is 3. The molecule has 7 heteroatoms. The van der Waals surface area contributed by atoms with Gasteiger partial charge in [-0.2, -0.15) is 0 Å². The molecule has 0 saturated carbocycles. The van der Waals surface area contributed by atoms with Crippen LogP contribution >= 0.6 is 24.0 Å². The highest BCUT2D eigenvalue weighted by atomic mass is 127. The lowest BCUT2D eigenvalue weighted by Crippen LogP contribution is -2.40. The Morgan fingerprint density at radius 2 is 1.96 bits per heavy atom. The Morgan fingerprint density at radius 1 is 1.26 bits per heavy atom. The van der Waals surface area contributed by atoms with Crippen molar-refractivity contribution >= 4 is 29.9 Å². The standard InChI is InChI=1S/C16H25F2N3O.HI/c1-5-19-15(21-11-16(2,3)22-4)20-9-8-12-6-7-13(17)10-14(12)18;/h6-7,10H,5,8-9,11H2,1-4H3,(H2,19,20,21);1H. The fraction of sp³-hybridized carbons (Fsp3) is 0.562. The lowest BCUT2D eigenvalue weighted by Gasteiger charge is -2.21. The summed E-state index contributed by atoms with van der Waals surface area (Å²) in [4.78, 5) is 4.44. The Balaban J connectivity index is 0.00000484. The van der Waals surface area contributed by atoms with Crippen LogP contribution in [0.25, 0.3) is 0 Å². The molecular formula is C16H26F2IN3O. The van der Waals surface area contributed by atoms with E-state index >= 15 is 0 Å². The second kappa shape index (κ2) is 10.7. The van der Waals surface area contributed by atoms with Crippen LogP contribution in [0.2, 0.25) is 0 Å². The third kappa shape index (κ3) is 8.45. The Bertz CT molecular complexity index is 510. The van der Waals surface area contributed by atoms with E-state index in [4.69, 9.17) is 4.74 Å². The molecule has 1 aromatic carbocycles. The summed E-state index contributed by atoms with van der Waals surface area (Å²) in [6, 6.07) is 3.62. The number of hydrogen-bond donors (Lipinski definition) is 2. The van der Waals surface area contributed by atoms with Gasteiger partial charge in [0.1, 0.15) is 11.6 Å². The first-order valence-electron chi connectivity index (χ1n) is 7.39. The molecular weight excluding hydrogens is 415 g/mol. The van der Waals surface area contributed by atoms with Crippen molar-refractivity contribution in [3.8, 4) is 0 Å². The van der Waals surface area contributed by atoms with Crippen LogP contribution in [0, 0.1) is 11.6 Å². The molecule has 0 aliphatic rings. The van der Waals surface area contributed by atoms with Gasteiger partial charge in [-0.1, -0.05) is 6.07 Å². The molecule has 0 radical (unpaired) electrons. The second-order valence-corrected chi connectivity index (χ2v) is 5.57. The van der Waals surface area contributed by atoms with Crippen molar-refractivity contribution in [2.75, 3.05) is 26.7 Å². The summed E-state index contributed by atoms with van der Waals surface area (Å²) in [7, 11) is 1.65. The number of methoxy groups -OCH3 is 1. The van der Waals surface area contributed by atoms with E-state index in [2.05, 4.69) is 15.6 Å². The lowest BCUT2D eigenvalue weighted by atomic mass is 10.1. The van der Waals surface area contributed by atoms with Crippen LogP contribution in [0.15, 0.2) is 23.2 Å². The van der Waals surface area contributed by atoms with Crippen LogP contribution in [-0.2, 0) is 11.2 Å². The van der Waals surface area contributed by atoms with Crippen LogP contribution < -0.4 is 10.6 Å². The van der Waals surface area contributed by atoms with Gasteiger partial charge < -0.3 is 15.4 Å². The number of ether oxygens (including phenoxy) is 1. The van der Waals surface area contributed by atoms with Crippen molar-refractivity contribution < 1.29 is 13.5 Å². The molecule has 1 aromatic rings. The normalized spacial score (nSPS) is 11.8. The van der Waals surface area contributed by atoms with Gasteiger partial charge in [-0.05, 0) is 38.8 Å². The van der Waals surface area contributed by atoms with Crippen LogP contribution in [0.5, 0.6) is 0 Å². The summed E-state index contributed by atoms with van der Waals surface area (Å²) in [5.41, 5.74) is 0.132. The van der Waals surface area contributed by atoms with Crippen LogP contribution in [-0.4, -0.2) is 38.3 Å². The molecule has 23 heavy (non-hydrogen) atoms. The minimum Gasteiger partial charge on any atom is -0.377 e. The number of aliphatic imine (C=N–C) groups is 1. The zero-order valence-corrected chi connectivity index (χ0v) is 16.4. The predicted octanol–water partition coefficient (Wildman–Crippen LogP) is 3.11. The first kappa shape index (κ1) is 22.0. The van der Waals surface area contributed by atoms with Crippen molar-refractivity contribution in [3.63, 3.8) is 0 Å². The summed E-state index contributed by atoms with van der Waals surface area (Å²) in [6.07, 6.45) is 0.449. The third-order valence-electron chi connectivity index (χ3n) is 3.22. The highest BCUT2D eigenvalue weighted by Crippen LogP contribution is 2.10. The van der Waals surface area contributed by atoms with E-state index in [9.17, 15) is 8.78 Å². The van der Waals surface area contributed by atoms with Crippen LogP contribution in [0.4, 0.5) is 8.78 Å². The maximum atomic E-state index is 13.5. The number of benzene rings is 1. The monoisotopic (exact) mass is 441 g/mol. The summed E-state index contributed by atoms with van der Waals surface area (Å²) in [6.45, 7) is 7.61. The van der Waals surface area contributed by atoms with Gasteiger partial charge in [0.25, 0.3) is 0 Å². The fourth-order valence-corrected chi connectivity index (χ4v) is 1.72. The molecule has 0 unspecified atom stereocenters. The molecule has 1 rings (SSSR count). The molecule has 0 saturated heterocycles. The van der Waals surface area contributed by atoms with E-state index in [0.717, 1.165) is 12.6 Å². The molecule has 0 spiro atoms. The van der Waals surface area contributed by atoms with Gasteiger partial charge in [-0.25, -0.2) is 8.78 Å². The van der Waals surface area contributed by atoms with Gasteiger partial charge in [-0.3, -0.25) is 4.99 Å². The molecule has 0 amide bonds. The first-order chi connectivity index (χ1) is 10.4. The second-order valence-electron chi connectivity index (χ2n) is 5.57. The SMILES string of the molecule is CCNC(=NCC(C)(C)OC)NCCc1ccc(F)cc1F.I. The number of nitrogens with one attached hydrogen (secondary N) is 2. The van der Waals surface area contributed by atoms with Crippen LogP contribution in [0.3, 0.4) is 0 Å². The molecule has 4 nitrogen and oxygen atoms in total. The molecule has 0 atom stereocenters. The summed E-state index contributed by atoms with van der Waals surface area (Å²) in [5.74, 6) is -0.440. The van der Waals surface area contributed by atoms with Gasteiger partial charge in [0.15, 0.2) is 5.96 Å². The van der Waals surface area contributed by atoms with Gasteiger partial charge >= 0.3 is 0 Å². The quantitative estimate of drug-likeness (QED) is 0.389. The largest absolute Gasteiger partial charge is 0.377 e. The van der Waals surface area contributed by atoms with E-state index < -0.39 is 11.6 Å². The summed E-state index contributed by atoms with van der Waals surface area (Å²) in [5, 5.41) is 6.25. The highest BCUT2D eigenvalue weighted by molar-refractivity contribution is 14.0. The fourth-order valence-electron chi connectivity index (χ4n) is 1.72. The smallest absolute Gasteiger partial charge is 0.191 e. The first-order valence-corrected chi connectivity index (χ1v) is 7.39. The maximum absolute atomic E-state index is 13.5. The van der Waals surface area contributed by atoms with Crippen molar-refractivity contribution in [1.29, 1.82) is 0 Å². The van der Waals surface area contributed by atoms with Crippen molar-refractivity contribution in [1.82, 2.24) is 10.6 Å². The molecule has 0 aliphatic carbocycles. The topological polar surface area (TPSA) is 45.7 Å². The van der Waals surface area contributed by atoms with E-state index in [1.165, 1.54) is 12.1 Å². The third-order valence-corrected chi connectivity index (χ3v) is 3.22. The van der Waals surface area contributed by atoms with Gasteiger partial charge in [0.05, 0.1) is 12.1 Å². The molecule has 0 aliphatic heterocycles. The Morgan fingerprint density at radius 3 is 2.52 bits per heavy atom. The number of nitrogens with zero attached hydrogens (tertiary/aromatic N) is 1. The highest BCUT2D eigenvalue weighted by Gasteiger charge is 2.15. The summed E-state index contributed by atoms with van der Waals surface area (Å²) < 4.78 is 31.7. The molecule has 2 N–H and O–H groups in total. The van der Waals surface area contributed by atoms with Gasteiger partial charge in [-0.15, -0.1) is 24.0 Å². The Labute approximate surface area is 154 Å².